The Labute approximate surface area is 144 Å². The van der Waals surface area contributed by atoms with Crippen molar-refractivity contribution in [3.63, 3.8) is 0 Å². The van der Waals surface area contributed by atoms with E-state index in [1.807, 2.05) is 11.0 Å². The normalized spacial score (nSPS) is 29.8. The fourth-order valence-electron chi connectivity index (χ4n) is 4.47. The molecular weight excluding hydrogens is 310 g/mol. The predicted octanol–water partition coefficient (Wildman–Crippen LogP) is 1.93. The summed E-state index contributed by atoms with van der Waals surface area (Å²) in [4.78, 5) is 17.2. The molecule has 0 bridgehead atoms. The lowest BCUT2D eigenvalue weighted by atomic mass is 9.89. The fraction of sp³-hybridized carbons (Fsp3) is 0.611. The first kappa shape index (κ1) is 16.7. The maximum Gasteiger partial charge on any atom is 0.241 e. The molecule has 0 radical (unpaired) electrons. The summed E-state index contributed by atoms with van der Waals surface area (Å²) in [6.45, 7) is 7.17. The van der Waals surface area contributed by atoms with E-state index in [2.05, 4.69) is 35.3 Å². The van der Waals surface area contributed by atoms with Crippen molar-refractivity contribution < 1.29 is 4.79 Å². The smallest absolute Gasteiger partial charge is 0.241 e. The van der Waals surface area contributed by atoms with Crippen LogP contribution in [0.1, 0.15) is 18.9 Å². The van der Waals surface area contributed by atoms with Crippen molar-refractivity contribution in [3.05, 3.63) is 29.8 Å². The number of nitrogens with one attached hydrogen (secondary N) is 1. The summed E-state index contributed by atoms with van der Waals surface area (Å²) < 4.78 is 0. The number of carbonyl (C=O) groups excluding carboxylic acids is 1. The predicted molar refractivity (Wildman–Crippen MR) is 95.2 cm³/mol. The van der Waals surface area contributed by atoms with Crippen molar-refractivity contribution in [3.8, 4) is 0 Å². The van der Waals surface area contributed by atoms with Crippen molar-refractivity contribution in [1.82, 2.24) is 10.2 Å². The molecule has 126 valence electrons. The van der Waals surface area contributed by atoms with Crippen molar-refractivity contribution in [2.24, 2.45) is 11.8 Å². The first-order valence-electron chi connectivity index (χ1n) is 8.55. The number of carbonyl (C=O) groups is 1. The zero-order valence-corrected chi connectivity index (χ0v) is 14.5. The average Bonchev–Trinajstić information content (AvgIpc) is 3.09. The lowest BCUT2D eigenvalue weighted by Crippen LogP contribution is -2.47. The molecule has 4 rings (SSSR count). The number of para-hydroxylation sites is 1. The Morgan fingerprint density at radius 3 is 2.91 bits per heavy atom. The number of hydrogen-bond acceptors (Lipinski definition) is 3. The highest BCUT2D eigenvalue weighted by Crippen LogP contribution is 2.32. The van der Waals surface area contributed by atoms with E-state index in [9.17, 15) is 4.79 Å². The number of halogens is 1. The Balaban J connectivity index is 0.00000156. The van der Waals surface area contributed by atoms with E-state index < -0.39 is 0 Å². The third-order valence-corrected chi connectivity index (χ3v) is 5.62. The van der Waals surface area contributed by atoms with Crippen LogP contribution in [0.3, 0.4) is 0 Å². The zero-order valence-electron chi connectivity index (χ0n) is 13.7. The maximum atomic E-state index is 12.8. The molecule has 1 aromatic rings. The van der Waals surface area contributed by atoms with Crippen molar-refractivity contribution in [2.45, 2.75) is 25.8 Å². The Hall–Kier alpha value is -1.10. The van der Waals surface area contributed by atoms with Crippen LogP contribution in [-0.4, -0.2) is 49.6 Å². The van der Waals surface area contributed by atoms with Gasteiger partial charge in [0, 0.05) is 18.3 Å². The van der Waals surface area contributed by atoms with E-state index in [1.54, 1.807) is 0 Å². The van der Waals surface area contributed by atoms with Gasteiger partial charge in [-0.25, -0.2) is 0 Å². The first-order valence-corrected chi connectivity index (χ1v) is 8.55. The molecule has 23 heavy (non-hydrogen) atoms. The van der Waals surface area contributed by atoms with E-state index in [-0.39, 0.29) is 24.4 Å². The van der Waals surface area contributed by atoms with Gasteiger partial charge < -0.3 is 10.2 Å². The third kappa shape index (κ3) is 3.12. The fourth-order valence-corrected chi connectivity index (χ4v) is 4.47. The van der Waals surface area contributed by atoms with Gasteiger partial charge in [-0.2, -0.15) is 0 Å². The highest BCUT2D eigenvalue weighted by molar-refractivity contribution is 5.97. The van der Waals surface area contributed by atoms with Crippen LogP contribution in [0, 0.1) is 11.8 Å². The highest BCUT2D eigenvalue weighted by atomic mass is 35.5. The van der Waals surface area contributed by atoms with Crippen LogP contribution >= 0.6 is 12.4 Å². The number of nitrogens with zero attached hydrogens (tertiary/aromatic N) is 2. The lowest BCUT2D eigenvalue weighted by Gasteiger charge is -2.35. The summed E-state index contributed by atoms with van der Waals surface area (Å²) in [7, 11) is 0. The molecule has 3 atom stereocenters. The van der Waals surface area contributed by atoms with Gasteiger partial charge in [0.2, 0.25) is 5.91 Å². The minimum absolute atomic E-state index is 0. The molecule has 2 saturated heterocycles. The molecule has 0 spiro atoms. The molecule has 0 saturated carbocycles. The van der Waals surface area contributed by atoms with Crippen LogP contribution < -0.4 is 10.2 Å². The molecule has 3 aliphatic heterocycles. The van der Waals surface area contributed by atoms with Crippen molar-refractivity contribution >= 4 is 24.0 Å². The van der Waals surface area contributed by atoms with Crippen LogP contribution in [0.5, 0.6) is 0 Å². The Morgan fingerprint density at radius 1 is 1.26 bits per heavy atom. The highest BCUT2D eigenvalue weighted by Gasteiger charge is 2.35. The van der Waals surface area contributed by atoms with E-state index >= 15 is 0 Å². The van der Waals surface area contributed by atoms with E-state index in [4.69, 9.17) is 0 Å². The van der Waals surface area contributed by atoms with E-state index in [0.717, 1.165) is 43.6 Å². The number of hydrogen-bond donors (Lipinski definition) is 1. The molecule has 0 aliphatic carbocycles. The zero-order chi connectivity index (χ0) is 15.1. The van der Waals surface area contributed by atoms with Gasteiger partial charge in [-0.1, -0.05) is 18.2 Å². The molecule has 3 heterocycles. The summed E-state index contributed by atoms with van der Waals surface area (Å²) in [5.41, 5.74) is 2.43. The van der Waals surface area contributed by atoms with E-state index in [1.165, 1.54) is 18.5 Å². The number of anilines is 1. The molecule has 3 aliphatic rings. The Morgan fingerprint density at radius 2 is 2.04 bits per heavy atom. The second-order valence-electron chi connectivity index (χ2n) is 7.15. The van der Waals surface area contributed by atoms with Crippen LogP contribution in [0.2, 0.25) is 0 Å². The van der Waals surface area contributed by atoms with E-state index in [0.29, 0.717) is 6.54 Å². The molecule has 1 amide bonds. The minimum atomic E-state index is 0. The summed E-state index contributed by atoms with van der Waals surface area (Å²) >= 11 is 0. The van der Waals surface area contributed by atoms with Crippen LogP contribution in [0.4, 0.5) is 5.69 Å². The summed E-state index contributed by atoms with van der Waals surface area (Å²) in [6, 6.07) is 8.62. The molecule has 3 unspecified atom stereocenters. The molecule has 2 fully saturated rings. The molecule has 4 nitrogen and oxygen atoms in total. The minimum Gasteiger partial charge on any atom is -0.316 e. The van der Waals surface area contributed by atoms with Crippen LogP contribution in [-0.2, 0) is 11.2 Å². The van der Waals surface area contributed by atoms with Gasteiger partial charge in [-0.15, -0.1) is 12.4 Å². The quantitative estimate of drug-likeness (QED) is 0.897. The SMILES string of the molecule is CC1Cc2ccccc2N1C(=O)CN1CCC2CNCC2C1.Cl. The van der Waals surface area contributed by atoms with Crippen LogP contribution in [0.15, 0.2) is 24.3 Å². The number of piperidine rings is 1. The molecule has 0 aromatic heterocycles. The van der Waals surface area contributed by atoms with Gasteiger partial charge >= 0.3 is 0 Å². The standard InChI is InChI=1S/C18H25N3O.ClH/c1-13-8-14-4-2-3-5-17(14)21(13)18(22)12-20-7-6-15-9-19-10-16(15)11-20;/h2-5,13,15-16,19H,6-12H2,1H3;1H. The summed E-state index contributed by atoms with van der Waals surface area (Å²) in [6.07, 6.45) is 2.22. The number of fused-ring (bicyclic) bond motifs is 2. The van der Waals surface area contributed by atoms with Gasteiger partial charge in [-0.05, 0) is 62.9 Å². The van der Waals surface area contributed by atoms with Crippen molar-refractivity contribution in [2.75, 3.05) is 37.6 Å². The summed E-state index contributed by atoms with van der Waals surface area (Å²) in [5.74, 6) is 1.84. The second-order valence-corrected chi connectivity index (χ2v) is 7.15. The van der Waals surface area contributed by atoms with Gasteiger partial charge in [0.05, 0.1) is 6.54 Å². The topological polar surface area (TPSA) is 35.6 Å². The third-order valence-electron chi connectivity index (χ3n) is 5.62. The molecule has 1 aromatic carbocycles. The molecule has 5 heteroatoms. The maximum absolute atomic E-state index is 12.8. The number of amides is 1. The monoisotopic (exact) mass is 335 g/mol. The van der Waals surface area contributed by atoms with Crippen LogP contribution in [0.25, 0.3) is 0 Å². The number of rotatable bonds is 2. The van der Waals surface area contributed by atoms with Gasteiger partial charge in [0.25, 0.3) is 0 Å². The number of likely N-dealkylation sites (tertiary alicyclic amines) is 1. The average molecular weight is 336 g/mol. The number of benzene rings is 1. The Bertz CT molecular complexity index is 579. The first-order chi connectivity index (χ1) is 10.7. The van der Waals surface area contributed by atoms with Gasteiger partial charge in [-0.3, -0.25) is 9.69 Å². The lowest BCUT2D eigenvalue weighted by molar-refractivity contribution is -0.120. The van der Waals surface area contributed by atoms with Gasteiger partial charge in [0.15, 0.2) is 0 Å². The Kier molecular flexibility index (Phi) is 4.95. The van der Waals surface area contributed by atoms with Gasteiger partial charge in [0.1, 0.15) is 0 Å². The largest absolute Gasteiger partial charge is 0.316 e. The summed E-state index contributed by atoms with van der Waals surface area (Å²) in [5, 5.41) is 3.49. The van der Waals surface area contributed by atoms with Crippen molar-refractivity contribution in [1.29, 1.82) is 0 Å². The molecular formula is C18H26ClN3O. The second kappa shape index (κ2) is 6.80. The molecule has 1 N–H and O–H groups in total.